The van der Waals surface area contributed by atoms with E-state index in [9.17, 15) is 38.7 Å². The molecule has 0 saturated heterocycles. The van der Waals surface area contributed by atoms with E-state index in [1.54, 1.807) is 105 Å². The summed E-state index contributed by atoms with van der Waals surface area (Å²) in [5.74, 6) is 1.55. The number of anilines is 9. The molecule has 2 aliphatic heterocycles. The molecule has 0 unspecified atom stereocenters. The monoisotopic (exact) mass is 1840 g/mol. The SMILES string of the molecule is CC(C)(C)c1cc(NC(=O)Nc2cccc(Cl)c2Cl)n(-c2ccc(CC(N)=O)cc2)n1.CC(C)(C)c1cc(NC(=O)Nc2cccc(Cl)c2Cl)n(-c2ccc3c(c2)CCC(=O)N3)n1.CC(C)(C)c1cc(NC(=O)Nc2cccc(Cl)c2Cl)n(-c2ccc3c(c2)CCNC3=O)n1.CC(C)(C)c1cc(NC(=O)Nc2cccc3ccccc23)n(-c2cccc(C(C)(C)O)c2)n1. The van der Waals surface area contributed by atoms with E-state index in [2.05, 4.69) is 99.8 Å². The first-order chi connectivity index (χ1) is 60.3. The summed E-state index contributed by atoms with van der Waals surface area (Å²) in [6.45, 7) is 28.7. The van der Waals surface area contributed by atoms with Crippen LogP contribution >= 0.6 is 69.6 Å². The zero-order valence-corrected chi connectivity index (χ0v) is 77.4. The van der Waals surface area contributed by atoms with Crippen LogP contribution in [0.4, 0.5) is 70.9 Å². The van der Waals surface area contributed by atoms with Gasteiger partial charge >= 0.3 is 24.1 Å². The molecule has 9 aromatic carbocycles. The quantitative estimate of drug-likeness (QED) is 0.0456. The molecule has 0 radical (unpaired) electrons. The van der Waals surface area contributed by atoms with Gasteiger partial charge < -0.3 is 42.7 Å². The van der Waals surface area contributed by atoms with E-state index >= 15 is 0 Å². The number of hydrogen-bond donors (Lipinski definition) is 12. The first-order valence-electron chi connectivity index (χ1n) is 40.9. The second-order valence-electron chi connectivity index (χ2n) is 35.1. The average molecular weight is 1850 g/mol. The van der Waals surface area contributed by atoms with E-state index in [1.165, 1.54) is 0 Å². The minimum atomic E-state index is -0.991. The van der Waals surface area contributed by atoms with Gasteiger partial charge in [0.25, 0.3) is 5.91 Å². The van der Waals surface area contributed by atoms with E-state index in [4.69, 9.17) is 90.6 Å². The maximum atomic E-state index is 13.0. The number of amides is 11. The third-order valence-electron chi connectivity index (χ3n) is 20.4. The predicted molar refractivity (Wildman–Crippen MR) is 514 cm³/mol. The number of rotatable bonds is 15. The third-order valence-corrected chi connectivity index (χ3v) is 22.8. The number of hydrogen-bond acceptors (Lipinski definition) is 12. The van der Waals surface area contributed by atoms with Crippen molar-refractivity contribution in [1.29, 1.82) is 0 Å². The number of carbonyl (C=O) groups excluding carboxylic acids is 7. The highest BCUT2D eigenvalue weighted by Gasteiger charge is 2.30. The molecule has 2 aliphatic rings. The number of aryl methyl sites for hydroxylation is 1. The van der Waals surface area contributed by atoms with Crippen molar-refractivity contribution in [3.05, 3.63) is 287 Å². The molecule has 0 atom stereocenters. The molecule has 15 rings (SSSR count). The molecule has 128 heavy (non-hydrogen) atoms. The van der Waals surface area contributed by atoms with E-state index in [0.29, 0.717) is 80.4 Å². The fourth-order valence-electron chi connectivity index (χ4n) is 13.4. The number of urea groups is 4. The van der Waals surface area contributed by atoms with Gasteiger partial charge in [0.2, 0.25) is 11.8 Å². The summed E-state index contributed by atoms with van der Waals surface area (Å²) < 4.78 is 6.70. The molecule has 27 nitrogen and oxygen atoms in total. The summed E-state index contributed by atoms with van der Waals surface area (Å²) in [4.78, 5) is 86.0. The molecule has 11 amide bonds. The number of carbonyl (C=O) groups is 7. The van der Waals surface area contributed by atoms with Gasteiger partial charge in [-0.2, -0.15) is 20.4 Å². The predicted octanol–water partition coefficient (Wildman–Crippen LogP) is 22.8. The van der Waals surface area contributed by atoms with Crippen molar-refractivity contribution in [2.24, 2.45) is 5.73 Å². The van der Waals surface area contributed by atoms with Gasteiger partial charge in [-0.15, -0.1) is 0 Å². The molecule has 0 saturated carbocycles. The van der Waals surface area contributed by atoms with E-state index < -0.39 is 29.6 Å². The Morgan fingerprint density at radius 3 is 1.21 bits per heavy atom. The van der Waals surface area contributed by atoms with Crippen LogP contribution in [0.3, 0.4) is 0 Å². The van der Waals surface area contributed by atoms with Gasteiger partial charge in [0, 0.05) is 75.5 Å². The average Bonchev–Trinajstić information content (AvgIpc) is 1.56. The zero-order chi connectivity index (χ0) is 92.6. The van der Waals surface area contributed by atoms with Crippen molar-refractivity contribution >= 4 is 174 Å². The van der Waals surface area contributed by atoms with Gasteiger partial charge in [-0.1, -0.05) is 232 Å². The van der Waals surface area contributed by atoms with Gasteiger partial charge in [0.05, 0.1) is 110 Å². The molecule has 0 bridgehead atoms. The number of nitrogens with zero attached hydrogens (tertiary/aromatic N) is 8. The fraction of sp³-hybridized carbons (Fsp3) is 0.253. The number of halogens is 6. The van der Waals surface area contributed by atoms with Crippen LogP contribution in [0.1, 0.15) is 159 Å². The highest BCUT2D eigenvalue weighted by atomic mass is 35.5. The summed E-state index contributed by atoms with van der Waals surface area (Å²) in [5.41, 5.74) is 16.6. The van der Waals surface area contributed by atoms with Crippen molar-refractivity contribution in [1.82, 2.24) is 44.4 Å². The van der Waals surface area contributed by atoms with Crippen LogP contribution in [-0.2, 0) is 56.1 Å². The normalized spacial score (nSPS) is 12.5. The lowest BCUT2D eigenvalue weighted by Gasteiger charge is -2.19. The van der Waals surface area contributed by atoms with E-state index in [-0.39, 0.29) is 61.0 Å². The number of fused-ring (bicyclic) bond motifs is 3. The first-order valence-corrected chi connectivity index (χ1v) is 43.2. The maximum Gasteiger partial charge on any atom is 0.324 e. The lowest BCUT2D eigenvalue weighted by Crippen LogP contribution is -2.31. The number of nitrogens with one attached hydrogen (secondary N) is 10. The number of benzene rings is 9. The topological polar surface area (TPSA) is 357 Å². The Balaban J connectivity index is 0.000000155. The minimum Gasteiger partial charge on any atom is -0.386 e. The number of primary amides is 1. The Kier molecular flexibility index (Phi) is 28.9. The van der Waals surface area contributed by atoms with Gasteiger partial charge in [-0.25, -0.2) is 37.9 Å². The molecule has 4 aromatic heterocycles. The van der Waals surface area contributed by atoms with E-state index in [1.807, 2.05) is 175 Å². The van der Waals surface area contributed by atoms with Crippen LogP contribution in [0.2, 0.25) is 30.1 Å². The van der Waals surface area contributed by atoms with Gasteiger partial charge in [0.15, 0.2) is 0 Å². The molecule has 13 N–H and O–H groups in total. The van der Waals surface area contributed by atoms with Crippen molar-refractivity contribution in [3.63, 3.8) is 0 Å². The highest BCUT2D eigenvalue weighted by molar-refractivity contribution is 6.45. The van der Waals surface area contributed by atoms with Crippen LogP contribution in [0.5, 0.6) is 0 Å². The largest absolute Gasteiger partial charge is 0.386 e. The smallest absolute Gasteiger partial charge is 0.324 e. The minimum absolute atomic E-state index is 0.0121. The van der Waals surface area contributed by atoms with Crippen LogP contribution in [0.25, 0.3) is 33.5 Å². The molecule has 0 aliphatic carbocycles. The van der Waals surface area contributed by atoms with Crippen molar-refractivity contribution < 1.29 is 38.7 Å². The van der Waals surface area contributed by atoms with Gasteiger partial charge in [-0.05, 0) is 157 Å². The summed E-state index contributed by atoms with van der Waals surface area (Å²) >= 11 is 36.6. The standard InChI is InChI=1S/C27H30N4O2.2C23H23Cl2N5O2.C22H23Cl2N5O2/c1-26(2,3)23-17-24(31(30-23)20-13-9-12-19(16-20)27(4,5)33)29-25(32)28-22-15-8-11-18-10-6-7-14-21(18)22;1-23(2,3)18-12-19(28-22(32)27-17-6-4-5-15(24)21(17)25)30(29-18)14-8-9-16-13(11-14)7-10-20(31)26-16;1-23(2,3)18-12-19(28-22(32)27-17-6-4-5-16(24)20(17)25)30(29-18)14-7-8-15-13(11-14)9-10-26-21(15)31;1-22(2,3)17-12-19(27-21(31)26-16-6-4-5-15(23)20(16)24)29(28-17)14-9-7-13(8-10-14)11-18(25)30/h6-17,33H,1-5H3,(H2,28,29,32);4-6,8-9,11-12H,7,10H2,1-3H3,(H,26,31)(H2,27,28,32);4-8,11-12H,9-10H2,1-3H3,(H,26,31)(H2,27,28,32);4-10,12H,11H2,1-3H3,(H2,25,30)(H2,26,27,31). The van der Waals surface area contributed by atoms with Gasteiger partial charge in [0.1, 0.15) is 23.3 Å². The van der Waals surface area contributed by atoms with Crippen LogP contribution in [0.15, 0.2) is 206 Å². The second-order valence-corrected chi connectivity index (χ2v) is 37.5. The second kappa shape index (κ2) is 39.2. The van der Waals surface area contributed by atoms with Crippen molar-refractivity contribution in [2.45, 2.75) is 150 Å². The number of aliphatic hydroxyl groups is 1. The first kappa shape index (κ1) is 94.4. The Bertz CT molecular complexity index is 6380. The fourth-order valence-corrected chi connectivity index (χ4v) is 14.4. The number of aromatic nitrogens is 8. The maximum absolute atomic E-state index is 13.0. The van der Waals surface area contributed by atoms with Crippen LogP contribution < -0.4 is 58.9 Å². The molecule has 664 valence electrons. The van der Waals surface area contributed by atoms with E-state index in [0.717, 1.165) is 96.3 Å². The lowest BCUT2D eigenvalue weighted by molar-refractivity contribution is -0.117. The summed E-state index contributed by atoms with van der Waals surface area (Å²) in [7, 11) is 0. The Morgan fingerprint density at radius 2 is 0.773 bits per heavy atom. The third kappa shape index (κ3) is 23.7. The molecule has 33 heteroatoms. The molecule has 13 aromatic rings. The zero-order valence-electron chi connectivity index (χ0n) is 72.9. The molecule has 6 heterocycles. The van der Waals surface area contributed by atoms with Crippen LogP contribution in [-0.4, -0.2) is 92.6 Å². The lowest BCUT2D eigenvalue weighted by atomic mass is 9.92. The Labute approximate surface area is 771 Å². The highest BCUT2D eigenvalue weighted by Crippen LogP contribution is 2.38. The Morgan fingerprint density at radius 1 is 0.398 bits per heavy atom. The van der Waals surface area contributed by atoms with Crippen molar-refractivity contribution in [2.75, 3.05) is 54.4 Å². The van der Waals surface area contributed by atoms with Crippen LogP contribution in [0, 0.1) is 0 Å². The van der Waals surface area contributed by atoms with Crippen molar-refractivity contribution in [3.8, 4) is 22.7 Å². The molecular formula is C95H99Cl6N19O8. The summed E-state index contributed by atoms with van der Waals surface area (Å²) in [6, 6.07) is 60.4. The molecule has 0 fully saturated rings. The van der Waals surface area contributed by atoms with Gasteiger partial charge in [-0.3, -0.25) is 35.7 Å². The summed E-state index contributed by atoms with van der Waals surface area (Å²) in [6.07, 6.45) is 1.98. The number of nitrogens with two attached hydrogens (primary N) is 1. The molecule has 0 spiro atoms. The summed E-state index contributed by atoms with van der Waals surface area (Å²) in [5, 5.41) is 61.6. The Hall–Kier alpha value is -12.7. The molecular weight excluding hydrogens is 1750 g/mol.